The molecule has 1 amide bonds. The molecule has 2 aromatic heterocycles. The molecule has 0 spiro atoms. The van der Waals surface area contributed by atoms with E-state index >= 15 is 4.39 Å². The normalized spacial score (nSPS) is 23.1. The number of aromatic hydroxyl groups is 1. The third-order valence-electron chi connectivity index (χ3n) is 11.0. The van der Waals surface area contributed by atoms with Crippen LogP contribution in [0, 0.1) is 29.9 Å². The SMILES string of the molecule is C#Cc1c(F)ccc2cc(O)cc(-c3ncc4c(N5C[C@H]6C[C@@H](C)[C@@H](C5)N6C(=O)C=C)nc(OCC56CCCN5CCC6)nc4c3F)c12. The maximum absolute atomic E-state index is 16.9. The highest BCUT2D eigenvalue weighted by Gasteiger charge is 2.47. The molecular weight excluding hydrogens is 614 g/mol. The number of piperazine rings is 1. The summed E-state index contributed by atoms with van der Waals surface area (Å²) in [5, 5.41) is 11.7. The van der Waals surface area contributed by atoms with Crippen molar-refractivity contribution in [2.75, 3.05) is 37.7 Å². The van der Waals surface area contributed by atoms with Crippen LogP contribution < -0.4 is 9.64 Å². The summed E-state index contributed by atoms with van der Waals surface area (Å²) in [5.74, 6) is 1.48. The molecule has 0 unspecified atom stereocenters. The molecule has 0 saturated carbocycles. The van der Waals surface area contributed by atoms with Crippen molar-refractivity contribution in [1.82, 2.24) is 24.8 Å². The van der Waals surface area contributed by atoms with Crippen molar-refractivity contribution in [2.24, 2.45) is 5.92 Å². The second kappa shape index (κ2) is 11.4. The molecule has 6 heterocycles. The first-order valence-electron chi connectivity index (χ1n) is 16.6. The number of nitrogens with zero attached hydrogens (tertiary/aromatic N) is 6. The fraction of sp³-hybridized carbons (Fsp3) is 0.405. The number of anilines is 1. The van der Waals surface area contributed by atoms with Gasteiger partial charge < -0.3 is 19.6 Å². The summed E-state index contributed by atoms with van der Waals surface area (Å²) in [6.45, 7) is 9.28. The molecule has 48 heavy (non-hydrogen) atoms. The fourth-order valence-corrected chi connectivity index (χ4v) is 8.78. The zero-order chi connectivity index (χ0) is 33.3. The zero-order valence-electron chi connectivity index (χ0n) is 26.8. The lowest BCUT2D eigenvalue weighted by molar-refractivity contribution is -0.129. The van der Waals surface area contributed by atoms with E-state index in [1.165, 1.54) is 36.5 Å². The number of rotatable bonds is 6. The Morgan fingerprint density at radius 2 is 2.00 bits per heavy atom. The second-order valence-corrected chi connectivity index (χ2v) is 13.7. The molecule has 3 atom stereocenters. The average Bonchev–Trinajstić information content (AvgIpc) is 3.72. The number of hydrogen-bond acceptors (Lipinski definition) is 8. The van der Waals surface area contributed by atoms with Crippen molar-refractivity contribution in [3.63, 3.8) is 0 Å². The van der Waals surface area contributed by atoms with Crippen molar-refractivity contribution >= 4 is 33.4 Å². The van der Waals surface area contributed by atoms with Crippen LogP contribution in [0.2, 0.25) is 0 Å². The summed E-state index contributed by atoms with van der Waals surface area (Å²) < 4.78 is 38.2. The number of hydrogen-bond donors (Lipinski definition) is 1. The van der Waals surface area contributed by atoms with E-state index in [1.54, 1.807) is 0 Å². The predicted octanol–water partition coefficient (Wildman–Crippen LogP) is 5.43. The largest absolute Gasteiger partial charge is 0.508 e. The summed E-state index contributed by atoms with van der Waals surface area (Å²) in [6, 6.07) is 5.42. The first-order chi connectivity index (χ1) is 23.2. The molecule has 4 fully saturated rings. The number of phenols is 1. The van der Waals surface area contributed by atoms with Gasteiger partial charge in [0.2, 0.25) is 5.91 Å². The van der Waals surface area contributed by atoms with Crippen molar-refractivity contribution in [3.8, 4) is 35.4 Å². The standard InChI is InChI=1S/C37H36F2N6O3/c1-4-25-28(38)9-8-22-15-24(46)16-26(31(22)25)33-32(39)34-27(17-40-33)35(43-18-23-14-21(3)29(19-43)45(23)30(47)5-2)42-36(41-34)48-20-37-10-6-12-44(37)13-7-11-37/h1,5,8-9,15-17,21,23,29,46H,2,6-7,10-14,18-20H2,3H3/t21-,23-,29-/m1/s1. The number of pyridine rings is 1. The molecule has 2 aromatic carbocycles. The van der Waals surface area contributed by atoms with Gasteiger partial charge in [0.1, 0.15) is 35.2 Å². The molecule has 11 heteroatoms. The van der Waals surface area contributed by atoms with Crippen molar-refractivity contribution < 1.29 is 23.4 Å². The molecular formula is C37H36F2N6O3. The highest BCUT2D eigenvalue weighted by Crippen LogP contribution is 2.42. The van der Waals surface area contributed by atoms with Gasteiger partial charge in [-0.1, -0.05) is 25.5 Å². The molecule has 0 aliphatic carbocycles. The molecule has 1 N–H and O–H groups in total. The van der Waals surface area contributed by atoms with E-state index in [9.17, 15) is 14.3 Å². The third kappa shape index (κ3) is 4.68. The van der Waals surface area contributed by atoms with Crippen LogP contribution in [0.15, 0.2) is 43.1 Å². The summed E-state index contributed by atoms with van der Waals surface area (Å²) >= 11 is 0. The van der Waals surface area contributed by atoms with Crippen molar-refractivity contribution in [1.29, 1.82) is 0 Å². The molecule has 8 rings (SSSR count). The maximum Gasteiger partial charge on any atom is 0.319 e. The van der Waals surface area contributed by atoms with Gasteiger partial charge in [0.15, 0.2) is 5.82 Å². The Bertz CT molecular complexity index is 2040. The Labute approximate surface area is 277 Å². The van der Waals surface area contributed by atoms with Crippen molar-refractivity contribution in [2.45, 2.75) is 56.7 Å². The molecule has 4 saturated heterocycles. The van der Waals surface area contributed by atoms with E-state index < -0.39 is 11.6 Å². The van der Waals surface area contributed by atoms with Crippen LogP contribution >= 0.6 is 0 Å². The summed E-state index contributed by atoms with van der Waals surface area (Å²) in [5.41, 5.74) is -0.124. The van der Waals surface area contributed by atoms with Crippen LogP contribution in [-0.2, 0) is 4.79 Å². The van der Waals surface area contributed by atoms with Crippen LogP contribution in [0.1, 0.15) is 44.6 Å². The highest BCUT2D eigenvalue weighted by atomic mass is 19.1. The molecule has 4 aliphatic rings. The van der Waals surface area contributed by atoms with Gasteiger partial charge in [0.05, 0.1) is 28.6 Å². The Balaban J connectivity index is 1.27. The molecule has 0 radical (unpaired) electrons. The van der Waals surface area contributed by atoms with Crippen LogP contribution in [0.4, 0.5) is 14.6 Å². The van der Waals surface area contributed by atoms with E-state index in [0.29, 0.717) is 36.3 Å². The minimum absolute atomic E-state index is 0.00709. The van der Waals surface area contributed by atoms with Gasteiger partial charge in [-0.15, -0.1) is 6.42 Å². The van der Waals surface area contributed by atoms with Crippen LogP contribution in [0.5, 0.6) is 11.8 Å². The number of ether oxygens (including phenoxy) is 1. The number of carbonyl (C=O) groups is 1. The van der Waals surface area contributed by atoms with Gasteiger partial charge in [-0.05, 0) is 80.8 Å². The van der Waals surface area contributed by atoms with Gasteiger partial charge >= 0.3 is 6.01 Å². The topological polar surface area (TPSA) is 94.9 Å². The number of phenolic OH excluding ortho intramolecular Hbond substituents is 1. The fourth-order valence-electron chi connectivity index (χ4n) is 8.78. The van der Waals surface area contributed by atoms with E-state index in [1.807, 2.05) is 4.90 Å². The minimum Gasteiger partial charge on any atom is -0.508 e. The lowest BCUT2D eigenvalue weighted by Gasteiger charge is -2.42. The number of benzene rings is 2. The Morgan fingerprint density at radius 3 is 2.73 bits per heavy atom. The molecule has 4 aliphatic heterocycles. The summed E-state index contributed by atoms with van der Waals surface area (Å²) in [4.78, 5) is 33.3. The monoisotopic (exact) mass is 650 g/mol. The molecule has 4 aromatic rings. The number of aromatic nitrogens is 3. The Morgan fingerprint density at radius 1 is 1.21 bits per heavy atom. The van der Waals surface area contributed by atoms with Gasteiger partial charge in [-0.2, -0.15) is 9.97 Å². The quantitative estimate of drug-likeness (QED) is 0.218. The Kier molecular flexibility index (Phi) is 7.25. The van der Waals surface area contributed by atoms with Crippen LogP contribution in [0.25, 0.3) is 32.9 Å². The van der Waals surface area contributed by atoms with Gasteiger partial charge in [-0.25, -0.2) is 8.78 Å². The van der Waals surface area contributed by atoms with Crippen molar-refractivity contribution in [3.05, 3.63) is 60.3 Å². The van der Waals surface area contributed by atoms with Crippen LogP contribution in [0.3, 0.4) is 0 Å². The number of terminal acetylenes is 1. The predicted molar refractivity (Wildman–Crippen MR) is 179 cm³/mol. The second-order valence-electron chi connectivity index (χ2n) is 13.7. The lowest BCUT2D eigenvalue weighted by atomic mass is 9.95. The van der Waals surface area contributed by atoms with E-state index in [0.717, 1.165) is 45.2 Å². The Hall–Kier alpha value is -4.82. The van der Waals surface area contributed by atoms with Gasteiger partial charge in [0, 0.05) is 30.2 Å². The number of halogens is 2. The van der Waals surface area contributed by atoms with Gasteiger partial charge in [0.25, 0.3) is 0 Å². The smallest absolute Gasteiger partial charge is 0.319 e. The van der Waals surface area contributed by atoms with E-state index in [4.69, 9.17) is 16.1 Å². The first kappa shape index (κ1) is 30.5. The highest BCUT2D eigenvalue weighted by molar-refractivity contribution is 6.03. The minimum atomic E-state index is -0.765. The molecule has 2 bridgehead atoms. The van der Waals surface area contributed by atoms with E-state index in [2.05, 4.69) is 39.2 Å². The first-order valence-corrected chi connectivity index (χ1v) is 16.6. The summed E-state index contributed by atoms with van der Waals surface area (Å²) in [7, 11) is 0. The third-order valence-corrected chi connectivity index (χ3v) is 11.0. The van der Waals surface area contributed by atoms with Gasteiger partial charge in [-0.3, -0.25) is 14.7 Å². The number of carbonyl (C=O) groups excluding carboxylic acids is 1. The molecule has 246 valence electrons. The van der Waals surface area contributed by atoms with Crippen LogP contribution in [-0.4, -0.2) is 86.2 Å². The molecule has 9 nitrogen and oxygen atoms in total. The lowest BCUT2D eigenvalue weighted by Crippen LogP contribution is -2.56. The summed E-state index contributed by atoms with van der Waals surface area (Å²) in [6.07, 6.45) is 13.7. The maximum atomic E-state index is 16.9. The number of fused-ring (bicyclic) bond motifs is 5. The average molecular weight is 651 g/mol. The van der Waals surface area contributed by atoms with E-state index in [-0.39, 0.29) is 68.9 Å². The zero-order valence-corrected chi connectivity index (χ0v) is 26.8. The number of amides is 1.